The van der Waals surface area contributed by atoms with Gasteiger partial charge in [-0.25, -0.2) is 9.97 Å². The number of hydrogen-bond acceptors (Lipinski definition) is 5. The maximum Gasteiger partial charge on any atom is 0.236 e. The highest BCUT2D eigenvalue weighted by molar-refractivity contribution is 5.95. The molecule has 32 heavy (non-hydrogen) atoms. The highest BCUT2D eigenvalue weighted by Gasteiger charge is 2.35. The first-order valence-corrected chi connectivity index (χ1v) is 12.8. The number of hydrogen-bond donors (Lipinski definition) is 0. The molecule has 0 unspecified atom stereocenters. The molecule has 3 fully saturated rings. The van der Waals surface area contributed by atoms with Gasteiger partial charge in [-0.3, -0.25) is 19.4 Å². The minimum atomic E-state index is 0.0686. The lowest BCUT2D eigenvalue weighted by Gasteiger charge is -2.34. The van der Waals surface area contributed by atoms with Crippen molar-refractivity contribution in [3.63, 3.8) is 0 Å². The number of carbonyl (C=O) groups is 2. The standard InChI is InChI=1S/C25H37N5O2/c1-18-20-11-12-22(31)30(16-19-8-3-2-4-9-19)25(20)27-24(26-18)21-10-7-15-29(21)17-23(32)28-13-5-6-14-28/h19,21H,2-17H2,1H3/t21-/m1/s1. The summed E-state index contributed by atoms with van der Waals surface area (Å²) >= 11 is 0. The summed E-state index contributed by atoms with van der Waals surface area (Å²) in [7, 11) is 0. The topological polar surface area (TPSA) is 69.6 Å². The first kappa shape index (κ1) is 21.8. The van der Waals surface area contributed by atoms with Gasteiger partial charge in [-0.05, 0) is 64.3 Å². The molecule has 1 saturated carbocycles. The molecule has 0 spiro atoms. The fourth-order valence-corrected chi connectivity index (χ4v) is 6.12. The molecule has 5 rings (SSSR count). The molecule has 1 aromatic heterocycles. The van der Waals surface area contributed by atoms with Crippen LogP contribution in [0.3, 0.4) is 0 Å². The molecule has 2 amide bonds. The normalized spacial score (nSPS) is 24.9. The van der Waals surface area contributed by atoms with Crippen LogP contribution in [-0.2, 0) is 16.0 Å². The summed E-state index contributed by atoms with van der Waals surface area (Å²) in [6.45, 7) is 6.01. The van der Waals surface area contributed by atoms with Gasteiger partial charge in [0.1, 0.15) is 11.6 Å². The zero-order valence-corrected chi connectivity index (χ0v) is 19.5. The minimum Gasteiger partial charge on any atom is -0.342 e. The van der Waals surface area contributed by atoms with Gasteiger partial charge in [-0.1, -0.05) is 19.3 Å². The minimum absolute atomic E-state index is 0.0686. The van der Waals surface area contributed by atoms with Crippen molar-refractivity contribution in [1.82, 2.24) is 19.8 Å². The zero-order chi connectivity index (χ0) is 22.1. The maximum absolute atomic E-state index is 12.9. The van der Waals surface area contributed by atoms with Gasteiger partial charge in [0, 0.05) is 37.3 Å². The van der Waals surface area contributed by atoms with Gasteiger partial charge in [-0.2, -0.15) is 0 Å². The number of rotatable bonds is 5. The van der Waals surface area contributed by atoms with Crippen molar-refractivity contribution in [3.8, 4) is 0 Å². The number of nitrogens with zero attached hydrogens (tertiary/aromatic N) is 5. The molecular formula is C25H37N5O2. The summed E-state index contributed by atoms with van der Waals surface area (Å²) in [4.78, 5) is 41.9. The molecule has 4 heterocycles. The second kappa shape index (κ2) is 9.46. The summed E-state index contributed by atoms with van der Waals surface area (Å²) in [5, 5.41) is 0. The van der Waals surface area contributed by atoms with Gasteiger partial charge in [0.15, 0.2) is 0 Å². The van der Waals surface area contributed by atoms with Crippen LogP contribution in [0.1, 0.15) is 87.3 Å². The number of amides is 2. The molecule has 7 heteroatoms. The van der Waals surface area contributed by atoms with Crippen molar-refractivity contribution in [2.75, 3.05) is 37.6 Å². The Hall–Kier alpha value is -2.02. The first-order valence-electron chi connectivity index (χ1n) is 12.8. The highest BCUT2D eigenvalue weighted by atomic mass is 16.2. The van der Waals surface area contributed by atoms with E-state index in [1.54, 1.807) is 0 Å². The summed E-state index contributed by atoms with van der Waals surface area (Å²) in [5.74, 6) is 2.68. The van der Waals surface area contributed by atoms with Gasteiger partial charge in [0.05, 0.1) is 12.6 Å². The van der Waals surface area contributed by atoms with E-state index in [4.69, 9.17) is 9.97 Å². The Balaban J connectivity index is 1.38. The molecule has 0 bridgehead atoms. The van der Waals surface area contributed by atoms with E-state index in [9.17, 15) is 9.59 Å². The van der Waals surface area contributed by atoms with Crippen LogP contribution in [0.15, 0.2) is 0 Å². The number of anilines is 1. The Morgan fingerprint density at radius 2 is 1.72 bits per heavy atom. The SMILES string of the molecule is Cc1nc([C@H]2CCCN2CC(=O)N2CCCC2)nc2c1CCC(=O)N2CC1CCCCC1. The van der Waals surface area contributed by atoms with Gasteiger partial charge in [0.2, 0.25) is 11.8 Å². The zero-order valence-electron chi connectivity index (χ0n) is 19.5. The lowest BCUT2D eigenvalue weighted by molar-refractivity contribution is -0.131. The van der Waals surface area contributed by atoms with Crippen LogP contribution in [0, 0.1) is 12.8 Å². The fourth-order valence-electron chi connectivity index (χ4n) is 6.12. The predicted octanol–water partition coefficient (Wildman–Crippen LogP) is 3.40. The summed E-state index contributed by atoms with van der Waals surface area (Å²) in [6, 6.07) is 0.0686. The van der Waals surface area contributed by atoms with E-state index in [-0.39, 0.29) is 17.9 Å². The predicted molar refractivity (Wildman–Crippen MR) is 123 cm³/mol. The molecule has 1 aliphatic carbocycles. The summed E-state index contributed by atoms with van der Waals surface area (Å²) in [6.07, 6.45) is 11.9. The highest BCUT2D eigenvalue weighted by Crippen LogP contribution is 2.36. The van der Waals surface area contributed by atoms with Gasteiger partial charge < -0.3 is 4.90 Å². The molecule has 7 nitrogen and oxygen atoms in total. The molecule has 174 valence electrons. The largest absolute Gasteiger partial charge is 0.342 e. The van der Waals surface area contributed by atoms with Gasteiger partial charge >= 0.3 is 0 Å². The van der Waals surface area contributed by atoms with E-state index in [1.165, 1.54) is 32.1 Å². The molecule has 3 aliphatic heterocycles. The Kier molecular flexibility index (Phi) is 6.44. The third kappa shape index (κ3) is 4.41. The first-order chi connectivity index (χ1) is 15.6. The van der Waals surface area contributed by atoms with Crippen molar-refractivity contribution in [2.24, 2.45) is 5.92 Å². The number of carbonyl (C=O) groups excluding carboxylic acids is 2. The van der Waals surface area contributed by atoms with E-state index in [1.807, 2.05) is 9.80 Å². The number of fused-ring (bicyclic) bond motifs is 1. The van der Waals surface area contributed by atoms with Crippen LogP contribution in [0.25, 0.3) is 0 Å². The quantitative estimate of drug-likeness (QED) is 0.703. The van der Waals surface area contributed by atoms with Crippen LogP contribution >= 0.6 is 0 Å². The molecule has 0 N–H and O–H groups in total. The molecule has 0 radical (unpaired) electrons. The van der Waals surface area contributed by atoms with Crippen LogP contribution in [0.2, 0.25) is 0 Å². The Labute approximate surface area is 191 Å². The van der Waals surface area contributed by atoms with Crippen molar-refractivity contribution < 1.29 is 9.59 Å². The molecule has 2 saturated heterocycles. The molecule has 1 aromatic rings. The monoisotopic (exact) mass is 439 g/mol. The van der Waals surface area contributed by atoms with Crippen molar-refractivity contribution >= 4 is 17.6 Å². The number of aryl methyl sites for hydroxylation is 1. The maximum atomic E-state index is 12.9. The Morgan fingerprint density at radius 3 is 2.50 bits per heavy atom. The van der Waals surface area contributed by atoms with E-state index in [2.05, 4.69) is 11.8 Å². The van der Waals surface area contributed by atoms with Crippen molar-refractivity contribution in [3.05, 3.63) is 17.1 Å². The van der Waals surface area contributed by atoms with E-state index in [0.717, 1.165) is 81.2 Å². The Morgan fingerprint density at radius 1 is 0.938 bits per heavy atom. The van der Waals surface area contributed by atoms with Crippen molar-refractivity contribution in [2.45, 2.75) is 83.6 Å². The molecular weight excluding hydrogens is 402 g/mol. The Bertz CT molecular complexity index is 860. The average Bonchev–Trinajstić information content (AvgIpc) is 3.49. The average molecular weight is 440 g/mol. The van der Waals surface area contributed by atoms with E-state index in [0.29, 0.717) is 18.9 Å². The summed E-state index contributed by atoms with van der Waals surface area (Å²) < 4.78 is 0. The van der Waals surface area contributed by atoms with E-state index >= 15 is 0 Å². The smallest absolute Gasteiger partial charge is 0.236 e. The second-order valence-corrected chi connectivity index (χ2v) is 10.2. The third-order valence-corrected chi connectivity index (χ3v) is 7.98. The van der Waals surface area contributed by atoms with Gasteiger partial charge in [0.25, 0.3) is 0 Å². The molecule has 0 aromatic carbocycles. The fraction of sp³-hybridized carbons (Fsp3) is 0.760. The van der Waals surface area contributed by atoms with Crippen LogP contribution in [-0.4, -0.2) is 64.3 Å². The molecule has 1 atom stereocenters. The lowest BCUT2D eigenvalue weighted by atomic mass is 9.88. The van der Waals surface area contributed by atoms with E-state index < -0.39 is 0 Å². The number of aromatic nitrogens is 2. The molecule has 4 aliphatic rings. The van der Waals surface area contributed by atoms with Crippen molar-refractivity contribution in [1.29, 1.82) is 0 Å². The summed E-state index contributed by atoms with van der Waals surface area (Å²) in [5.41, 5.74) is 2.14. The van der Waals surface area contributed by atoms with Crippen LogP contribution in [0.5, 0.6) is 0 Å². The van der Waals surface area contributed by atoms with Gasteiger partial charge in [-0.15, -0.1) is 0 Å². The number of likely N-dealkylation sites (tertiary alicyclic amines) is 2. The lowest BCUT2D eigenvalue weighted by Crippen LogP contribution is -2.41. The second-order valence-electron chi connectivity index (χ2n) is 10.2. The van der Waals surface area contributed by atoms with Crippen LogP contribution < -0.4 is 4.90 Å². The van der Waals surface area contributed by atoms with Crippen LogP contribution in [0.4, 0.5) is 5.82 Å². The third-order valence-electron chi connectivity index (χ3n) is 7.98.